The van der Waals surface area contributed by atoms with Crippen LogP contribution in [-0.2, 0) is 34.4 Å². The number of rotatable bonds is 9. The molecule has 0 fully saturated rings. The monoisotopic (exact) mass is 405 g/mol. The Morgan fingerprint density at radius 3 is 2.33 bits per heavy atom. The first-order valence-electron chi connectivity index (χ1n) is 8.54. The Hall–Kier alpha value is -1.90. The van der Waals surface area contributed by atoms with E-state index >= 15 is 0 Å². The van der Waals surface area contributed by atoms with Crippen LogP contribution in [-0.4, -0.2) is 53.8 Å². The van der Waals surface area contributed by atoms with Crippen molar-refractivity contribution in [2.24, 2.45) is 0 Å². The summed E-state index contributed by atoms with van der Waals surface area (Å²) in [7, 11) is -2.28. The van der Waals surface area contributed by atoms with Crippen LogP contribution in [0.3, 0.4) is 0 Å². The molecule has 0 aliphatic carbocycles. The molecule has 1 amide bonds. The van der Waals surface area contributed by atoms with Gasteiger partial charge in [-0.15, -0.1) is 0 Å². The molecule has 0 unspecified atom stereocenters. The smallest absolute Gasteiger partial charge is 0.408 e. The van der Waals surface area contributed by atoms with Gasteiger partial charge < -0.3 is 23.8 Å². The van der Waals surface area contributed by atoms with Gasteiger partial charge in [-0.1, -0.05) is 0 Å². The van der Waals surface area contributed by atoms with Crippen molar-refractivity contribution in [3.8, 4) is 0 Å². The third kappa shape index (κ3) is 7.32. The Labute approximate surface area is 159 Å². The zero-order chi connectivity index (χ0) is 20.7. The first kappa shape index (κ1) is 23.1. The Morgan fingerprint density at radius 2 is 1.85 bits per heavy atom. The number of nitrogens with one attached hydrogen (secondary N) is 1. The van der Waals surface area contributed by atoms with Gasteiger partial charge in [-0.2, -0.15) is 5.10 Å². The largest absolute Gasteiger partial charge is 0.467 e. The summed E-state index contributed by atoms with van der Waals surface area (Å²) in [4.78, 5) is 23.9. The Balaban J connectivity index is 2.94. The van der Waals surface area contributed by atoms with Crippen LogP contribution in [0.4, 0.5) is 4.79 Å². The zero-order valence-corrected chi connectivity index (χ0v) is 17.4. The number of hydrogen-bond acceptors (Lipinski definition) is 8. The first-order valence-corrected chi connectivity index (χ1v) is 10.1. The minimum atomic E-state index is -3.49. The van der Waals surface area contributed by atoms with Crippen LogP contribution < -0.4 is 10.6 Å². The van der Waals surface area contributed by atoms with E-state index < -0.39 is 31.3 Å². The van der Waals surface area contributed by atoms with Crippen molar-refractivity contribution >= 4 is 25.0 Å². The van der Waals surface area contributed by atoms with Gasteiger partial charge in [0, 0.05) is 6.20 Å². The number of nitrogens with zero attached hydrogens (tertiary/aromatic N) is 2. The molecule has 0 aromatic carbocycles. The summed E-state index contributed by atoms with van der Waals surface area (Å²) in [5, 5.41) is 6.77. The lowest BCUT2D eigenvalue weighted by Crippen LogP contribution is -2.46. The molecule has 1 atom stereocenters. The Kier molecular flexibility index (Phi) is 8.46. The number of carbonyl (C=O) groups is 2. The van der Waals surface area contributed by atoms with Crippen molar-refractivity contribution in [3.05, 3.63) is 12.4 Å². The normalized spacial score (nSPS) is 13.1. The molecule has 1 N–H and O–H groups in total. The molecule has 0 spiro atoms. The molecular weight excluding hydrogens is 377 g/mol. The number of aromatic nitrogens is 2. The van der Waals surface area contributed by atoms with Crippen LogP contribution in [0.25, 0.3) is 0 Å². The van der Waals surface area contributed by atoms with Gasteiger partial charge in [-0.25, -0.2) is 9.59 Å². The molecule has 11 heteroatoms. The van der Waals surface area contributed by atoms with Crippen molar-refractivity contribution in [1.29, 1.82) is 0 Å². The van der Waals surface area contributed by atoms with Crippen LogP contribution in [0.2, 0.25) is 0 Å². The number of alkyl carbamates (subject to hydrolysis) is 1. The molecule has 0 aliphatic rings. The lowest BCUT2D eigenvalue weighted by atomic mass is 10.2. The van der Waals surface area contributed by atoms with E-state index in [4.69, 9.17) is 18.5 Å². The molecule has 154 valence electrons. The quantitative estimate of drug-likeness (QED) is 0.488. The predicted octanol–water partition coefficient (Wildman–Crippen LogP) is 1.84. The number of carbonyl (C=O) groups excluding carboxylic acids is 2. The molecular formula is C16H28N3O7P. The molecule has 0 saturated heterocycles. The third-order valence-electron chi connectivity index (χ3n) is 3.08. The summed E-state index contributed by atoms with van der Waals surface area (Å²) in [5.41, 5.74) is -0.717. The molecule has 10 nitrogen and oxygen atoms in total. The molecule has 1 aromatic heterocycles. The number of ether oxygens (including phenoxy) is 2. The molecule has 1 rings (SSSR count). The second-order valence-corrected chi connectivity index (χ2v) is 8.50. The van der Waals surface area contributed by atoms with Gasteiger partial charge in [0.25, 0.3) is 0 Å². The standard InChI is InChI=1S/C16H28N3O7P/c1-7-24-27(22,25-8-2)12-9-17-19(10-12)11-13(14(20)23-6)18-15(21)26-16(3,4)5/h9-10,13H,7-8,11H2,1-6H3,(H,18,21)/t13-/m0/s1. The fourth-order valence-corrected chi connectivity index (χ4v) is 3.60. The minimum absolute atomic E-state index is 0.0514. The van der Waals surface area contributed by atoms with Crippen LogP contribution in [0, 0.1) is 0 Å². The van der Waals surface area contributed by atoms with Crippen molar-refractivity contribution in [3.63, 3.8) is 0 Å². The zero-order valence-electron chi connectivity index (χ0n) is 16.6. The van der Waals surface area contributed by atoms with Crippen LogP contribution >= 0.6 is 7.60 Å². The number of esters is 1. The predicted molar refractivity (Wildman–Crippen MR) is 97.9 cm³/mol. The molecule has 1 heterocycles. The lowest BCUT2D eigenvalue weighted by molar-refractivity contribution is -0.143. The van der Waals surface area contributed by atoms with Gasteiger partial charge in [0.15, 0.2) is 0 Å². The number of amides is 1. The molecule has 1 aromatic rings. The first-order chi connectivity index (χ1) is 12.5. The molecule has 0 radical (unpaired) electrons. The average molecular weight is 405 g/mol. The highest BCUT2D eigenvalue weighted by Gasteiger charge is 2.30. The number of methoxy groups -OCH3 is 1. The SMILES string of the molecule is CCOP(=O)(OCC)c1cnn(C[C@H](NC(=O)OC(C)(C)C)C(=O)OC)c1. The summed E-state index contributed by atoms with van der Waals surface area (Å²) in [6.45, 7) is 8.88. The Bertz CT molecular complexity index is 674. The maximum Gasteiger partial charge on any atom is 0.408 e. The van der Waals surface area contributed by atoms with Crippen LogP contribution in [0.5, 0.6) is 0 Å². The van der Waals surface area contributed by atoms with Crippen molar-refractivity contribution < 1.29 is 32.7 Å². The highest BCUT2D eigenvalue weighted by Crippen LogP contribution is 2.46. The van der Waals surface area contributed by atoms with E-state index in [1.54, 1.807) is 34.6 Å². The Morgan fingerprint density at radius 1 is 1.26 bits per heavy atom. The van der Waals surface area contributed by atoms with E-state index in [1.807, 2.05) is 0 Å². The van der Waals surface area contributed by atoms with Crippen LogP contribution in [0.15, 0.2) is 12.4 Å². The van der Waals surface area contributed by atoms with Crippen molar-refractivity contribution in [2.45, 2.75) is 52.8 Å². The van der Waals surface area contributed by atoms with Crippen LogP contribution in [0.1, 0.15) is 34.6 Å². The summed E-state index contributed by atoms with van der Waals surface area (Å²) in [5.74, 6) is -0.671. The van der Waals surface area contributed by atoms with Gasteiger partial charge >= 0.3 is 19.7 Å². The summed E-state index contributed by atoms with van der Waals surface area (Å²) in [6, 6.07) is -1.05. The molecule has 27 heavy (non-hydrogen) atoms. The summed E-state index contributed by atoms with van der Waals surface area (Å²) >= 11 is 0. The van der Waals surface area contributed by atoms with Gasteiger partial charge in [-0.3, -0.25) is 9.25 Å². The van der Waals surface area contributed by atoms with Gasteiger partial charge in [0.2, 0.25) is 0 Å². The second kappa shape index (κ2) is 9.87. The second-order valence-electron chi connectivity index (χ2n) is 6.48. The minimum Gasteiger partial charge on any atom is -0.467 e. The van der Waals surface area contributed by atoms with E-state index in [2.05, 4.69) is 10.4 Å². The van der Waals surface area contributed by atoms with Gasteiger partial charge in [-0.05, 0) is 34.6 Å². The van der Waals surface area contributed by atoms with Crippen molar-refractivity contribution in [2.75, 3.05) is 20.3 Å². The number of hydrogen-bond donors (Lipinski definition) is 1. The molecule has 0 saturated carbocycles. The topological polar surface area (TPSA) is 118 Å². The highest BCUT2D eigenvalue weighted by molar-refractivity contribution is 7.62. The highest BCUT2D eigenvalue weighted by atomic mass is 31.2. The molecule has 0 aliphatic heterocycles. The third-order valence-corrected chi connectivity index (χ3v) is 5.14. The van der Waals surface area contributed by atoms with E-state index in [0.717, 1.165) is 0 Å². The van der Waals surface area contributed by atoms with Gasteiger partial charge in [0.1, 0.15) is 16.9 Å². The average Bonchev–Trinajstić information content (AvgIpc) is 3.01. The lowest BCUT2D eigenvalue weighted by Gasteiger charge is -2.22. The molecule has 0 bridgehead atoms. The maximum atomic E-state index is 12.8. The summed E-state index contributed by atoms with van der Waals surface area (Å²) < 4.78 is 34.5. The summed E-state index contributed by atoms with van der Waals surface area (Å²) in [6.07, 6.45) is 2.02. The van der Waals surface area contributed by atoms with E-state index in [9.17, 15) is 14.2 Å². The fourth-order valence-electron chi connectivity index (χ4n) is 2.08. The van der Waals surface area contributed by atoms with E-state index in [1.165, 1.54) is 24.2 Å². The van der Waals surface area contributed by atoms with Crippen molar-refractivity contribution in [1.82, 2.24) is 15.1 Å². The fraction of sp³-hybridized carbons (Fsp3) is 0.688. The van der Waals surface area contributed by atoms with Gasteiger partial charge in [0.05, 0.1) is 33.1 Å². The van der Waals surface area contributed by atoms with E-state index in [0.29, 0.717) is 0 Å². The van der Waals surface area contributed by atoms with E-state index in [-0.39, 0.29) is 25.1 Å². The maximum absolute atomic E-state index is 12.8.